The number of methoxy groups -OCH3 is 1. The van der Waals surface area contributed by atoms with E-state index in [1.165, 1.54) is 11.1 Å². The molecule has 3 heterocycles. The van der Waals surface area contributed by atoms with E-state index in [0.717, 1.165) is 15.9 Å². The van der Waals surface area contributed by atoms with Crippen molar-refractivity contribution in [1.82, 2.24) is 9.21 Å². The predicted octanol–water partition coefficient (Wildman–Crippen LogP) is 1.95. The third-order valence-corrected chi connectivity index (χ3v) is 6.12. The highest BCUT2D eigenvalue weighted by Crippen LogP contribution is 2.31. The molecule has 1 amide bonds. The van der Waals surface area contributed by atoms with E-state index in [0.29, 0.717) is 39.2 Å². The Balaban J connectivity index is 1.38. The maximum atomic E-state index is 12.9. The highest BCUT2D eigenvalue weighted by Gasteiger charge is 2.37. The van der Waals surface area contributed by atoms with Gasteiger partial charge < -0.3 is 18.6 Å². The van der Waals surface area contributed by atoms with Crippen molar-refractivity contribution in [2.75, 3.05) is 39.9 Å². The van der Waals surface area contributed by atoms with Gasteiger partial charge in [0.2, 0.25) is 5.91 Å². The van der Waals surface area contributed by atoms with Crippen LogP contribution in [0, 0.1) is 0 Å². The van der Waals surface area contributed by atoms with Crippen LogP contribution in [-0.4, -0.2) is 59.6 Å². The zero-order valence-electron chi connectivity index (χ0n) is 14.1. The number of ether oxygens (including phenoxy) is 1. The molecular weight excluding hydrogens is 340 g/mol. The minimum absolute atomic E-state index is 0.120. The molecule has 7 heteroatoms. The molecule has 6 nitrogen and oxygen atoms in total. The molecule has 1 unspecified atom stereocenters. The normalized spacial score (nSPS) is 19.0. The van der Waals surface area contributed by atoms with Crippen LogP contribution < -0.4 is 0 Å². The maximum absolute atomic E-state index is 12.9. The second-order valence-corrected chi connectivity index (χ2v) is 7.85. The van der Waals surface area contributed by atoms with Gasteiger partial charge in [-0.1, -0.05) is 0 Å². The summed E-state index contributed by atoms with van der Waals surface area (Å²) in [5.41, 5.74) is 3.25. The van der Waals surface area contributed by atoms with E-state index in [9.17, 15) is 9.35 Å². The summed E-state index contributed by atoms with van der Waals surface area (Å²) >= 11 is -1.21. The van der Waals surface area contributed by atoms with Gasteiger partial charge in [-0.25, -0.2) is 0 Å². The Morgan fingerprint density at radius 2 is 2.00 bits per heavy atom. The standard InChI is InChI=1S/C18H20N2O4S/c1-23-6-5-18(21)19-9-14-11-20(12-15(14)10-19)25(22)16-2-3-17-13(8-16)4-7-24-17/h2-4,7-8H,5-6,9-12H2,1H3. The van der Waals surface area contributed by atoms with Crippen molar-refractivity contribution in [3.63, 3.8) is 0 Å². The fourth-order valence-corrected chi connectivity index (χ4v) is 4.65. The smallest absolute Gasteiger partial charge is 0.225 e. The number of carbonyl (C=O) groups excluding carboxylic acids is 1. The largest absolute Gasteiger partial charge is 0.593 e. The second-order valence-electron chi connectivity index (χ2n) is 6.37. The van der Waals surface area contributed by atoms with Crippen molar-refractivity contribution < 1.29 is 18.5 Å². The highest BCUT2D eigenvalue weighted by atomic mass is 32.2. The fraction of sp³-hybridized carbons (Fsp3) is 0.389. The van der Waals surface area contributed by atoms with Crippen LogP contribution in [0.1, 0.15) is 6.42 Å². The molecule has 1 atom stereocenters. The summed E-state index contributed by atoms with van der Waals surface area (Å²) in [6.45, 7) is 3.05. The van der Waals surface area contributed by atoms with Gasteiger partial charge in [-0.05, 0) is 29.3 Å². The second kappa shape index (κ2) is 6.84. The van der Waals surface area contributed by atoms with E-state index in [1.807, 2.05) is 33.5 Å². The van der Waals surface area contributed by atoms with Crippen molar-refractivity contribution in [3.8, 4) is 0 Å². The Kier molecular flexibility index (Phi) is 4.56. The lowest BCUT2D eigenvalue weighted by Gasteiger charge is -2.23. The van der Waals surface area contributed by atoms with Gasteiger partial charge in [0.1, 0.15) is 5.58 Å². The van der Waals surface area contributed by atoms with E-state index in [1.54, 1.807) is 13.4 Å². The minimum atomic E-state index is -1.21. The third-order valence-electron chi connectivity index (χ3n) is 4.73. The summed E-state index contributed by atoms with van der Waals surface area (Å²) in [5.74, 6) is 0.120. The fourth-order valence-electron chi connectivity index (χ4n) is 3.39. The summed E-state index contributed by atoms with van der Waals surface area (Å²) in [5, 5.41) is 0.959. The van der Waals surface area contributed by atoms with Crippen molar-refractivity contribution >= 4 is 28.2 Å². The van der Waals surface area contributed by atoms with E-state index >= 15 is 0 Å². The van der Waals surface area contributed by atoms with Gasteiger partial charge in [-0.15, -0.1) is 4.31 Å². The van der Waals surface area contributed by atoms with Crippen molar-refractivity contribution in [2.24, 2.45) is 0 Å². The van der Waals surface area contributed by atoms with Crippen LogP contribution in [0.4, 0.5) is 0 Å². The molecule has 0 radical (unpaired) electrons. The number of hydrogen-bond donors (Lipinski definition) is 0. The number of fused-ring (bicyclic) bond motifs is 1. The molecule has 132 valence electrons. The summed E-state index contributed by atoms with van der Waals surface area (Å²) in [7, 11) is 1.60. The highest BCUT2D eigenvalue weighted by molar-refractivity contribution is 7.89. The molecule has 0 aliphatic carbocycles. The lowest BCUT2D eigenvalue weighted by Crippen LogP contribution is -2.36. The first-order valence-electron chi connectivity index (χ1n) is 8.26. The molecule has 2 aliphatic heterocycles. The quantitative estimate of drug-likeness (QED) is 0.602. The summed E-state index contributed by atoms with van der Waals surface area (Å²) in [4.78, 5) is 14.8. The Hall–Kier alpha value is -1.80. The van der Waals surface area contributed by atoms with Crippen LogP contribution in [0.2, 0.25) is 0 Å². The first kappa shape index (κ1) is 16.7. The lowest BCUT2D eigenvalue weighted by molar-refractivity contribution is -0.130. The van der Waals surface area contributed by atoms with Gasteiger partial charge in [0.05, 0.1) is 43.7 Å². The molecule has 0 saturated heterocycles. The molecule has 25 heavy (non-hydrogen) atoms. The van der Waals surface area contributed by atoms with Gasteiger partial charge in [-0.3, -0.25) is 4.79 Å². The zero-order valence-corrected chi connectivity index (χ0v) is 14.9. The monoisotopic (exact) mass is 360 g/mol. The molecule has 2 aromatic rings. The van der Waals surface area contributed by atoms with Gasteiger partial charge in [0.15, 0.2) is 4.90 Å². The predicted molar refractivity (Wildman–Crippen MR) is 94.3 cm³/mol. The molecule has 1 aromatic heterocycles. The molecular formula is C18H20N2O4S. The van der Waals surface area contributed by atoms with Crippen LogP contribution in [0.5, 0.6) is 0 Å². The Bertz CT molecular complexity index is 813. The summed E-state index contributed by atoms with van der Waals surface area (Å²) in [6.07, 6.45) is 2.05. The van der Waals surface area contributed by atoms with E-state index < -0.39 is 11.4 Å². The third kappa shape index (κ3) is 3.20. The molecule has 2 aliphatic rings. The van der Waals surface area contributed by atoms with Crippen LogP contribution in [-0.2, 0) is 20.9 Å². The molecule has 4 rings (SSSR count). The van der Waals surface area contributed by atoms with Crippen LogP contribution in [0.25, 0.3) is 11.0 Å². The molecule has 0 bridgehead atoms. The number of carbonyl (C=O) groups is 1. The Morgan fingerprint density at radius 1 is 1.24 bits per heavy atom. The average molecular weight is 360 g/mol. The number of hydrogen-bond acceptors (Lipinski definition) is 5. The summed E-state index contributed by atoms with van der Waals surface area (Å²) < 4.78 is 25.2. The number of rotatable bonds is 5. The van der Waals surface area contributed by atoms with Crippen LogP contribution >= 0.6 is 0 Å². The average Bonchev–Trinajstić information content (AvgIpc) is 3.31. The Morgan fingerprint density at radius 3 is 2.72 bits per heavy atom. The van der Waals surface area contributed by atoms with Crippen molar-refractivity contribution in [1.29, 1.82) is 0 Å². The first-order valence-corrected chi connectivity index (χ1v) is 9.37. The molecule has 0 N–H and O–H groups in total. The number of nitrogens with zero attached hydrogens (tertiary/aromatic N) is 2. The number of furan rings is 1. The SMILES string of the molecule is COCCC(=O)N1CC2=C(C1)CN([S+]([O-])c1ccc3occc3c1)C2. The molecule has 0 fully saturated rings. The zero-order chi connectivity index (χ0) is 17.4. The van der Waals surface area contributed by atoms with Crippen LogP contribution in [0.3, 0.4) is 0 Å². The van der Waals surface area contributed by atoms with Crippen molar-refractivity contribution in [3.05, 3.63) is 41.7 Å². The van der Waals surface area contributed by atoms with Crippen molar-refractivity contribution in [2.45, 2.75) is 11.3 Å². The van der Waals surface area contributed by atoms with Gasteiger partial charge in [0, 0.05) is 31.7 Å². The van der Waals surface area contributed by atoms with E-state index in [4.69, 9.17) is 9.15 Å². The molecule has 0 saturated carbocycles. The minimum Gasteiger partial charge on any atom is -0.593 e. The van der Waals surface area contributed by atoms with Crippen LogP contribution in [0.15, 0.2) is 51.0 Å². The Labute approximate surface area is 149 Å². The van der Waals surface area contributed by atoms with Gasteiger partial charge in [0.25, 0.3) is 0 Å². The topological polar surface area (TPSA) is 69.0 Å². The first-order chi connectivity index (χ1) is 12.2. The molecule has 0 spiro atoms. The summed E-state index contributed by atoms with van der Waals surface area (Å²) in [6, 6.07) is 7.50. The number of benzene rings is 1. The van der Waals surface area contributed by atoms with Gasteiger partial charge >= 0.3 is 0 Å². The van der Waals surface area contributed by atoms with Gasteiger partial charge in [-0.2, -0.15) is 0 Å². The van der Waals surface area contributed by atoms with E-state index in [2.05, 4.69) is 0 Å². The maximum Gasteiger partial charge on any atom is 0.225 e. The molecule has 1 aromatic carbocycles. The number of amides is 1. The van der Waals surface area contributed by atoms with E-state index in [-0.39, 0.29) is 5.91 Å². The lowest BCUT2D eigenvalue weighted by atomic mass is 10.2.